The molecule has 0 aliphatic heterocycles. The molecular weight excluding hydrogens is 562 g/mol. The van der Waals surface area contributed by atoms with Crippen LogP contribution < -0.4 is 16.3 Å². The summed E-state index contributed by atoms with van der Waals surface area (Å²) in [7, 11) is 0. The van der Waals surface area contributed by atoms with E-state index in [1.54, 1.807) is 20.0 Å². The van der Waals surface area contributed by atoms with E-state index in [1.807, 2.05) is 37.3 Å². The van der Waals surface area contributed by atoms with Crippen LogP contribution in [-0.4, -0.2) is 40.0 Å². The number of aliphatic carboxylic acids is 1. The summed E-state index contributed by atoms with van der Waals surface area (Å²) in [5.41, 5.74) is 4.99. The van der Waals surface area contributed by atoms with Crippen LogP contribution in [0.25, 0.3) is 32.8 Å². The van der Waals surface area contributed by atoms with Crippen molar-refractivity contribution in [3.63, 3.8) is 0 Å². The predicted molar refractivity (Wildman–Crippen MR) is 166 cm³/mol. The number of hydrogen-bond donors (Lipinski definition) is 4. The highest BCUT2D eigenvalue weighted by atomic mass is 16.4. The Morgan fingerprint density at radius 1 is 0.955 bits per heavy atom. The monoisotopic (exact) mass is 597 g/mol. The molecule has 44 heavy (non-hydrogen) atoms. The van der Waals surface area contributed by atoms with E-state index in [0.717, 1.165) is 69.8 Å². The summed E-state index contributed by atoms with van der Waals surface area (Å²) in [6.07, 6.45) is 5.74. The number of rotatable bonds is 9. The van der Waals surface area contributed by atoms with E-state index in [1.165, 1.54) is 5.56 Å². The molecule has 3 heterocycles. The van der Waals surface area contributed by atoms with Gasteiger partial charge in [-0.2, -0.15) is 0 Å². The number of carbonyl (C=O) groups is 3. The Bertz CT molecular complexity index is 2000. The molecule has 0 unspecified atom stereocenters. The quantitative estimate of drug-likeness (QED) is 0.179. The minimum atomic E-state index is -1.20. The smallest absolute Gasteiger partial charge is 0.340 e. The molecule has 10 nitrogen and oxygen atoms in total. The number of fused-ring (bicyclic) bond motifs is 5. The SMILES string of the molecule is CC[C@@H](NC(=O)Cc1c(C)c2cc3c4c(oc3c(C)c2oc1=O)CCCC4)C(=O)N[C@H](Cc1c[nH]c2ccccc12)C(=O)O. The molecule has 1 aliphatic rings. The summed E-state index contributed by atoms with van der Waals surface area (Å²) in [5.74, 6) is -1.35. The Morgan fingerprint density at radius 3 is 2.48 bits per heavy atom. The second-order valence-electron chi connectivity index (χ2n) is 11.6. The van der Waals surface area contributed by atoms with Crippen molar-refractivity contribution in [3.05, 3.63) is 80.5 Å². The number of aromatic nitrogens is 1. The molecule has 2 atom stereocenters. The fraction of sp³-hybridized carbons (Fsp3) is 0.353. The lowest BCUT2D eigenvalue weighted by Crippen LogP contribution is -2.52. The summed E-state index contributed by atoms with van der Waals surface area (Å²) >= 11 is 0. The van der Waals surface area contributed by atoms with E-state index >= 15 is 0 Å². The summed E-state index contributed by atoms with van der Waals surface area (Å²) in [4.78, 5) is 54.6. The lowest BCUT2D eigenvalue weighted by Gasteiger charge is -2.20. The molecule has 0 saturated carbocycles. The molecule has 228 valence electrons. The van der Waals surface area contributed by atoms with E-state index in [2.05, 4.69) is 15.6 Å². The van der Waals surface area contributed by atoms with Gasteiger partial charge in [0.05, 0.1) is 12.0 Å². The van der Waals surface area contributed by atoms with Gasteiger partial charge in [0.15, 0.2) is 0 Å². The predicted octanol–water partition coefficient (Wildman–Crippen LogP) is 4.77. The zero-order chi connectivity index (χ0) is 31.1. The van der Waals surface area contributed by atoms with Gasteiger partial charge in [-0.05, 0) is 62.8 Å². The second-order valence-corrected chi connectivity index (χ2v) is 11.6. The highest BCUT2D eigenvalue weighted by Crippen LogP contribution is 2.38. The fourth-order valence-corrected chi connectivity index (χ4v) is 6.37. The maximum absolute atomic E-state index is 13.2. The first-order valence-electron chi connectivity index (χ1n) is 15.0. The second kappa shape index (κ2) is 11.7. The molecule has 0 spiro atoms. The first-order valence-corrected chi connectivity index (χ1v) is 15.0. The van der Waals surface area contributed by atoms with Crippen LogP contribution in [0.15, 0.2) is 50.2 Å². The van der Waals surface area contributed by atoms with Gasteiger partial charge in [-0.1, -0.05) is 25.1 Å². The Kier molecular flexibility index (Phi) is 7.75. The lowest BCUT2D eigenvalue weighted by atomic mass is 9.93. The molecule has 0 fully saturated rings. The zero-order valence-corrected chi connectivity index (χ0v) is 25.0. The number of carboxylic acids is 1. The maximum atomic E-state index is 13.2. The van der Waals surface area contributed by atoms with Crippen LogP contribution in [-0.2, 0) is 40.1 Å². The molecule has 5 aromatic rings. The number of aryl methyl sites for hydroxylation is 4. The van der Waals surface area contributed by atoms with Crippen LogP contribution in [0.2, 0.25) is 0 Å². The van der Waals surface area contributed by atoms with Crippen molar-refractivity contribution >= 4 is 50.6 Å². The third-order valence-corrected chi connectivity index (χ3v) is 8.84. The van der Waals surface area contributed by atoms with Crippen molar-refractivity contribution in [3.8, 4) is 0 Å². The van der Waals surface area contributed by atoms with Crippen molar-refractivity contribution in [2.75, 3.05) is 0 Å². The number of amides is 2. The van der Waals surface area contributed by atoms with Crippen LogP contribution in [0.5, 0.6) is 0 Å². The molecular formula is C34H35N3O7. The minimum Gasteiger partial charge on any atom is -0.480 e. The lowest BCUT2D eigenvalue weighted by molar-refractivity contribution is -0.142. The number of benzene rings is 2. The molecule has 4 N–H and O–H groups in total. The van der Waals surface area contributed by atoms with Gasteiger partial charge in [0, 0.05) is 51.8 Å². The third kappa shape index (κ3) is 5.25. The van der Waals surface area contributed by atoms with Gasteiger partial charge >= 0.3 is 11.6 Å². The van der Waals surface area contributed by atoms with Gasteiger partial charge in [0.25, 0.3) is 0 Å². The maximum Gasteiger partial charge on any atom is 0.340 e. The standard InChI is InChI=1S/C34H35N3O7/c1-4-25(32(39)37-27(33(40)41)13-19-16-35-26-11-7-5-9-20(19)26)36-29(38)15-23-17(2)22-14-24-21-10-6-8-12-28(21)43-31(24)18(3)30(22)44-34(23)42/h5,7,9,11,14,16,25,27,35H,4,6,8,10,12-13,15H2,1-3H3,(H,36,38)(H,37,39)(H,40,41)/t25-,27-/m1/s1. The Hall–Kier alpha value is -4.86. The van der Waals surface area contributed by atoms with Crippen molar-refractivity contribution in [2.45, 2.75) is 77.8 Å². The van der Waals surface area contributed by atoms with Gasteiger partial charge in [-0.3, -0.25) is 9.59 Å². The number of carbonyl (C=O) groups excluding carboxylic acids is 2. The molecule has 3 aromatic heterocycles. The molecule has 2 amide bonds. The first-order chi connectivity index (χ1) is 21.2. The average Bonchev–Trinajstić information content (AvgIpc) is 3.60. The number of H-pyrrole nitrogens is 1. The fourth-order valence-electron chi connectivity index (χ4n) is 6.37. The normalized spacial score (nSPS) is 14.4. The number of para-hydroxylation sites is 1. The Labute approximate surface area is 252 Å². The van der Waals surface area contributed by atoms with Crippen LogP contribution in [0.4, 0.5) is 0 Å². The summed E-state index contributed by atoms with van der Waals surface area (Å²) in [6, 6.07) is 7.32. The minimum absolute atomic E-state index is 0.0688. The number of hydrogen-bond acceptors (Lipinski definition) is 6. The molecule has 0 radical (unpaired) electrons. The van der Waals surface area contributed by atoms with Gasteiger partial charge in [-0.25, -0.2) is 9.59 Å². The highest BCUT2D eigenvalue weighted by molar-refractivity contribution is 6.01. The largest absolute Gasteiger partial charge is 0.480 e. The highest BCUT2D eigenvalue weighted by Gasteiger charge is 2.28. The van der Waals surface area contributed by atoms with Crippen LogP contribution in [0.1, 0.15) is 59.8 Å². The van der Waals surface area contributed by atoms with Crippen molar-refractivity contribution in [1.29, 1.82) is 0 Å². The number of aromatic amines is 1. The summed E-state index contributed by atoms with van der Waals surface area (Å²) in [6.45, 7) is 5.39. The van der Waals surface area contributed by atoms with Crippen LogP contribution in [0, 0.1) is 13.8 Å². The Morgan fingerprint density at radius 2 is 1.70 bits per heavy atom. The number of carboxylic acid groups (broad SMARTS) is 1. The van der Waals surface area contributed by atoms with E-state index in [9.17, 15) is 24.3 Å². The molecule has 0 saturated heterocycles. The van der Waals surface area contributed by atoms with Crippen molar-refractivity contribution in [1.82, 2.24) is 15.6 Å². The average molecular weight is 598 g/mol. The number of furan rings is 1. The van der Waals surface area contributed by atoms with Crippen LogP contribution >= 0.6 is 0 Å². The molecule has 0 bridgehead atoms. The molecule has 1 aliphatic carbocycles. The van der Waals surface area contributed by atoms with Crippen molar-refractivity contribution in [2.24, 2.45) is 0 Å². The van der Waals surface area contributed by atoms with Crippen LogP contribution in [0.3, 0.4) is 0 Å². The Balaban J connectivity index is 1.20. The van der Waals surface area contributed by atoms with Gasteiger partial charge in [0.1, 0.15) is 29.0 Å². The summed E-state index contributed by atoms with van der Waals surface area (Å²) in [5, 5.41) is 17.7. The molecule has 6 rings (SSSR count). The molecule has 10 heteroatoms. The van der Waals surface area contributed by atoms with Crippen molar-refractivity contribution < 1.29 is 28.3 Å². The molecule has 2 aromatic carbocycles. The van der Waals surface area contributed by atoms with Gasteiger partial charge < -0.3 is 29.6 Å². The van der Waals surface area contributed by atoms with Gasteiger partial charge in [-0.15, -0.1) is 0 Å². The van der Waals surface area contributed by atoms with E-state index in [4.69, 9.17) is 8.83 Å². The van der Waals surface area contributed by atoms with E-state index in [0.29, 0.717) is 11.1 Å². The summed E-state index contributed by atoms with van der Waals surface area (Å²) < 4.78 is 11.9. The third-order valence-electron chi connectivity index (χ3n) is 8.84. The number of nitrogens with one attached hydrogen (secondary N) is 3. The van der Waals surface area contributed by atoms with Gasteiger partial charge in [0.2, 0.25) is 11.8 Å². The van der Waals surface area contributed by atoms with E-state index < -0.39 is 35.5 Å². The van der Waals surface area contributed by atoms with E-state index in [-0.39, 0.29) is 24.8 Å². The topological polar surface area (TPSA) is 155 Å². The first kappa shape index (κ1) is 29.2. The zero-order valence-electron chi connectivity index (χ0n) is 25.0.